The highest BCUT2D eigenvalue weighted by atomic mass is 35.5. The molecule has 0 aliphatic carbocycles. The van der Waals surface area contributed by atoms with Crippen LogP contribution in [0.5, 0.6) is 0 Å². The van der Waals surface area contributed by atoms with Crippen molar-refractivity contribution >= 4 is 40.7 Å². The fraction of sp³-hybridized carbons (Fsp3) is 0.0769. The van der Waals surface area contributed by atoms with Gasteiger partial charge in [0.15, 0.2) is 0 Å². The highest BCUT2D eigenvalue weighted by molar-refractivity contribution is 6.38. The Morgan fingerprint density at radius 1 is 1.11 bits per heavy atom. The van der Waals surface area contributed by atoms with E-state index in [0.29, 0.717) is 11.6 Å². The van der Waals surface area contributed by atoms with Gasteiger partial charge in [-0.25, -0.2) is 4.98 Å². The van der Waals surface area contributed by atoms with Crippen LogP contribution in [-0.4, -0.2) is 10.9 Å². The number of carbonyl (C=O) groups is 1. The van der Waals surface area contributed by atoms with Crippen molar-refractivity contribution in [2.45, 2.75) is 6.54 Å². The molecule has 0 unspecified atom stereocenters. The molecule has 0 aliphatic rings. The molecule has 0 spiro atoms. The smallest absolute Gasteiger partial charge is 0.256 e. The van der Waals surface area contributed by atoms with Crippen LogP contribution in [0.1, 0.15) is 15.9 Å². The molecule has 0 atom stereocenters. The Morgan fingerprint density at radius 3 is 2.42 bits per heavy atom. The molecule has 1 aromatic heterocycles. The minimum atomic E-state index is -0.363. The molecule has 1 amide bonds. The van der Waals surface area contributed by atoms with Crippen molar-refractivity contribution in [3.63, 3.8) is 0 Å². The summed E-state index contributed by atoms with van der Waals surface area (Å²) in [5.41, 5.74) is 1.11. The number of pyridine rings is 1. The van der Waals surface area contributed by atoms with Crippen molar-refractivity contribution < 1.29 is 4.79 Å². The number of hydrogen-bond donors (Lipinski definition) is 1. The molecular weight excluding hydrogens is 307 g/mol. The summed E-state index contributed by atoms with van der Waals surface area (Å²) in [7, 11) is 0. The van der Waals surface area contributed by atoms with Crippen LogP contribution in [-0.2, 0) is 6.54 Å². The molecule has 98 valence electrons. The van der Waals surface area contributed by atoms with Crippen LogP contribution in [0.15, 0.2) is 36.5 Å². The molecule has 0 aliphatic heterocycles. The van der Waals surface area contributed by atoms with Crippen molar-refractivity contribution in [2.75, 3.05) is 0 Å². The Hall–Kier alpha value is -1.29. The molecule has 1 N–H and O–H groups in total. The molecule has 1 aromatic carbocycles. The largest absolute Gasteiger partial charge is 0.348 e. The molecule has 19 heavy (non-hydrogen) atoms. The van der Waals surface area contributed by atoms with Crippen LogP contribution >= 0.6 is 34.8 Å². The van der Waals surface area contributed by atoms with Crippen LogP contribution in [0.2, 0.25) is 15.2 Å². The maximum absolute atomic E-state index is 12.0. The van der Waals surface area contributed by atoms with Gasteiger partial charge in [0.1, 0.15) is 5.15 Å². The van der Waals surface area contributed by atoms with Crippen molar-refractivity contribution in [1.29, 1.82) is 0 Å². The second-order valence-corrected chi connectivity index (χ2v) is 4.97. The second kappa shape index (κ2) is 6.24. The molecule has 0 saturated carbocycles. The van der Waals surface area contributed by atoms with Crippen LogP contribution in [0, 0.1) is 0 Å². The van der Waals surface area contributed by atoms with E-state index in [9.17, 15) is 4.79 Å². The summed E-state index contributed by atoms with van der Waals surface area (Å²) >= 11 is 17.6. The number of amides is 1. The molecule has 0 radical (unpaired) electrons. The first kappa shape index (κ1) is 14.1. The highest BCUT2D eigenvalue weighted by Crippen LogP contribution is 2.21. The zero-order valence-corrected chi connectivity index (χ0v) is 11.9. The highest BCUT2D eigenvalue weighted by Gasteiger charge is 2.15. The first-order chi connectivity index (χ1) is 9.08. The Balaban J connectivity index is 2.07. The summed E-state index contributed by atoms with van der Waals surface area (Å²) < 4.78 is 0. The number of halogens is 3. The van der Waals surface area contributed by atoms with Crippen LogP contribution < -0.4 is 5.32 Å². The Kier molecular flexibility index (Phi) is 4.64. The standard InChI is InChI=1S/C13H9Cl3N2O/c14-9-3-1-8(2-4-9)7-18-13(19)11-10(15)5-6-17-12(11)16/h1-6H,7H2,(H,18,19). The number of nitrogens with zero attached hydrogens (tertiary/aromatic N) is 1. The zero-order chi connectivity index (χ0) is 13.8. The molecule has 1 heterocycles. The lowest BCUT2D eigenvalue weighted by molar-refractivity contribution is 0.0951. The zero-order valence-electron chi connectivity index (χ0n) is 9.66. The van der Waals surface area contributed by atoms with Crippen LogP contribution in [0.3, 0.4) is 0 Å². The van der Waals surface area contributed by atoms with Crippen LogP contribution in [0.25, 0.3) is 0 Å². The summed E-state index contributed by atoms with van der Waals surface area (Å²) in [5.74, 6) is -0.363. The first-order valence-electron chi connectivity index (χ1n) is 5.40. The van der Waals surface area contributed by atoms with Gasteiger partial charge in [-0.15, -0.1) is 0 Å². The topological polar surface area (TPSA) is 42.0 Å². The number of nitrogens with one attached hydrogen (secondary N) is 1. The van der Waals surface area contributed by atoms with Gasteiger partial charge in [-0.1, -0.05) is 46.9 Å². The number of hydrogen-bond acceptors (Lipinski definition) is 2. The van der Waals surface area contributed by atoms with E-state index in [2.05, 4.69) is 10.3 Å². The van der Waals surface area contributed by atoms with E-state index in [-0.39, 0.29) is 21.6 Å². The predicted molar refractivity (Wildman–Crippen MR) is 76.9 cm³/mol. The van der Waals surface area contributed by atoms with Gasteiger partial charge < -0.3 is 5.32 Å². The Morgan fingerprint density at radius 2 is 1.79 bits per heavy atom. The monoisotopic (exact) mass is 314 g/mol. The Bertz CT molecular complexity index is 579. The third-order valence-corrected chi connectivity index (χ3v) is 3.30. The van der Waals surface area contributed by atoms with E-state index in [1.807, 2.05) is 12.1 Å². The van der Waals surface area contributed by atoms with Gasteiger partial charge in [-0.05, 0) is 23.8 Å². The predicted octanol–water partition coefficient (Wildman–Crippen LogP) is 3.97. The Labute approximate surface area is 125 Å². The van der Waals surface area contributed by atoms with Gasteiger partial charge in [-0.2, -0.15) is 0 Å². The minimum Gasteiger partial charge on any atom is -0.348 e. The van der Waals surface area contributed by atoms with E-state index in [4.69, 9.17) is 34.8 Å². The molecule has 2 rings (SSSR count). The average molecular weight is 316 g/mol. The van der Waals surface area contributed by atoms with E-state index in [1.165, 1.54) is 12.3 Å². The normalized spacial score (nSPS) is 10.3. The fourth-order valence-corrected chi connectivity index (χ4v) is 2.14. The van der Waals surface area contributed by atoms with E-state index >= 15 is 0 Å². The van der Waals surface area contributed by atoms with Gasteiger partial charge in [0.2, 0.25) is 0 Å². The van der Waals surface area contributed by atoms with Crippen molar-refractivity contribution in [2.24, 2.45) is 0 Å². The van der Waals surface area contributed by atoms with Gasteiger partial charge in [0, 0.05) is 17.8 Å². The molecule has 6 heteroatoms. The van der Waals surface area contributed by atoms with Crippen molar-refractivity contribution in [1.82, 2.24) is 10.3 Å². The molecule has 3 nitrogen and oxygen atoms in total. The molecule has 0 fully saturated rings. The molecular formula is C13H9Cl3N2O. The van der Waals surface area contributed by atoms with Crippen molar-refractivity contribution in [3.8, 4) is 0 Å². The van der Waals surface area contributed by atoms with Crippen molar-refractivity contribution in [3.05, 3.63) is 62.9 Å². The van der Waals surface area contributed by atoms with Gasteiger partial charge in [0.25, 0.3) is 5.91 Å². The summed E-state index contributed by atoms with van der Waals surface area (Å²) in [6.45, 7) is 0.359. The maximum Gasteiger partial charge on any atom is 0.256 e. The first-order valence-corrected chi connectivity index (χ1v) is 6.54. The summed E-state index contributed by atoms with van der Waals surface area (Å²) in [5, 5.41) is 3.73. The molecule has 0 bridgehead atoms. The fourth-order valence-electron chi connectivity index (χ4n) is 1.49. The minimum absolute atomic E-state index is 0.0844. The van der Waals surface area contributed by atoms with Gasteiger partial charge in [0.05, 0.1) is 10.6 Å². The number of rotatable bonds is 3. The lowest BCUT2D eigenvalue weighted by Gasteiger charge is -2.08. The number of carbonyl (C=O) groups excluding carboxylic acids is 1. The van der Waals surface area contributed by atoms with Crippen LogP contribution in [0.4, 0.5) is 0 Å². The third kappa shape index (κ3) is 3.60. The molecule has 0 saturated heterocycles. The lowest BCUT2D eigenvalue weighted by atomic mass is 10.2. The van der Waals surface area contributed by atoms with E-state index in [1.54, 1.807) is 12.1 Å². The lowest BCUT2D eigenvalue weighted by Crippen LogP contribution is -2.23. The SMILES string of the molecule is O=C(NCc1ccc(Cl)cc1)c1c(Cl)ccnc1Cl. The molecule has 2 aromatic rings. The third-order valence-electron chi connectivity index (χ3n) is 2.45. The number of aromatic nitrogens is 1. The summed E-state index contributed by atoms with van der Waals surface area (Å²) in [6, 6.07) is 8.69. The average Bonchev–Trinajstić information content (AvgIpc) is 2.38. The summed E-state index contributed by atoms with van der Waals surface area (Å²) in [6.07, 6.45) is 1.45. The van der Waals surface area contributed by atoms with E-state index < -0.39 is 0 Å². The second-order valence-electron chi connectivity index (χ2n) is 3.77. The quantitative estimate of drug-likeness (QED) is 0.871. The summed E-state index contributed by atoms with van der Waals surface area (Å²) in [4.78, 5) is 15.8. The van der Waals surface area contributed by atoms with Gasteiger partial charge in [-0.3, -0.25) is 4.79 Å². The maximum atomic E-state index is 12.0. The van der Waals surface area contributed by atoms with Gasteiger partial charge >= 0.3 is 0 Å². The number of benzene rings is 1. The van der Waals surface area contributed by atoms with E-state index in [0.717, 1.165) is 5.56 Å².